The normalized spacial score (nSPS) is 14.2. The number of hydrogen-bond acceptors (Lipinski definition) is 0. The Hall–Kier alpha value is -0.780. The molecule has 0 spiro atoms. The van der Waals surface area contributed by atoms with Crippen LogP contribution in [0.1, 0.15) is 34.1 Å². The van der Waals surface area contributed by atoms with Crippen molar-refractivity contribution in [3.05, 3.63) is 36.0 Å². The standard InChI is InChI=1S/C12H20/c1-7-10(4)8-11(5)12(6)9(2)3/h7,11H,2,6,8H2,1,3-5H3/b10-7+. The molecular weight excluding hydrogens is 144 g/mol. The van der Waals surface area contributed by atoms with Crippen LogP contribution in [-0.2, 0) is 0 Å². The molecular formula is C12H20. The molecule has 0 aliphatic heterocycles. The first-order valence-electron chi connectivity index (χ1n) is 4.45. The summed E-state index contributed by atoms with van der Waals surface area (Å²) in [7, 11) is 0. The van der Waals surface area contributed by atoms with Crippen molar-refractivity contribution in [3.63, 3.8) is 0 Å². The highest BCUT2D eigenvalue weighted by Gasteiger charge is 2.06. The van der Waals surface area contributed by atoms with Gasteiger partial charge in [-0.3, -0.25) is 0 Å². The molecule has 0 radical (unpaired) electrons. The van der Waals surface area contributed by atoms with E-state index < -0.39 is 0 Å². The first-order valence-corrected chi connectivity index (χ1v) is 4.45. The van der Waals surface area contributed by atoms with E-state index in [1.54, 1.807) is 0 Å². The van der Waals surface area contributed by atoms with Gasteiger partial charge in [0.15, 0.2) is 0 Å². The van der Waals surface area contributed by atoms with Crippen LogP contribution >= 0.6 is 0 Å². The minimum absolute atomic E-state index is 0.527. The topological polar surface area (TPSA) is 0 Å². The minimum Gasteiger partial charge on any atom is -0.0958 e. The molecule has 0 rings (SSSR count). The van der Waals surface area contributed by atoms with Crippen LogP contribution in [0.15, 0.2) is 36.0 Å². The molecule has 0 aromatic rings. The molecule has 0 bridgehead atoms. The molecule has 0 saturated carbocycles. The average Bonchev–Trinajstić information content (AvgIpc) is 2.02. The van der Waals surface area contributed by atoms with E-state index in [4.69, 9.17) is 0 Å². The second-order valence-electron chi connectivity index (χ2n) is 3.55. The molecule has 0 aromatic heterocycles. The summed E-state index contributed by atoms with van der Waals surface area (Å²) in [4.78, 5) is 0. The van der Waals surface area contributed by atoms with Gasteiger partial charge in [0, 0.05) is 0 Å². The van der Waals surface area contributed by atoms with E-state index in [1.165, 1.54) is 11.1 Å². The third-order valence-corrected chi connectivity index (χ3v) is 2.26. The molecule has 0 nitrogen and oxygen atoms in total. The highest BCUT2D eigenvalue weighted by Crippen LogP contribution is 2.22. The Morgan fingerprint density at radius 2 is 1.83 bits per heavy atom. The van der Waals surface area contributed by atoms with Crippen molar-refractivity contribution in [3.8, 4) is 0 Å². The Balaban J connectivity index is 4.13. The van der Waals surface area contributed by atoms with E-state index in [0.29, 0.717) is 5.92 Å². The molecule has 68 valence electrons. The molecule has 0 saturated heterocycles. The van der Waals surface area contributed by atoms with E-state index in [0.717, 1.165) is 12.0 Å². The predicted molar refractivity (Wildman–Crippen MR) is 57.2 cm³/mol. The van der Waals surface area contributed by atoms with Crippen molar-refractivity contribution in [1.29, 1.82) is 0 Å². The largest absolute Gasteiger partial charge is 0.0958 e. The fourth-order valence-electron chi connectivity index (χ4n) is 1.14. The van der Waals surface area contributed by atoms with Gasteiger partial charge in [0.2, 0.25) is 0 Å². The summed E-state index contributed by atoms with van der Waals surface area (Å²) in [5, 5.41) is 0. The second-order valence-corrected chi connectivity index (χ2v) is 3.55. The van der Waals surface area contributed by atoms with Crippen molar-refractivity contribution >= 4 is 0 Å². The summed E-state index contributed by atoms with van der Waals surface area (Å²) in [5.41, 5.74) is 3.70. The Labute approximate surface area is 76.7 Å². The molecule has 0 aliphatic rings. The summed E-state index contributed by atoms with van der Waals surface area (Å²) in [6.45, 7) is 16.4. The predicted octanol–water partition coefficient (Wildman–Crippen LogP) is 4.11. The fraction of sp³-hybridized carbons (Fsp3) is 0.500. The van der Waals surface area contributed by atoms with Gasteiger partial charge in [-0.2, -0.15) is 0 Å². The van der Waals surface area contributed by atoms with Crippen LogP contribution in [0.4, 0.5) is 0 Å². The van der Waals surface area contributed by atoms with Crippen molar-refractivity contribution in [2.45, 2.75) is 34.1 Å². The Morgan fingerprint density at radius 1 is 1.33 bits per heavy atom. The van der Waals surface area contributed by atoms with Crippen LogP contribution in [0.5, 0.6) is 0 Å². The molecule has 1 unspecified atom stereocenters. The minimum atomic E-state index is 0.527. The summed E-state index contributed by atoms with van der Waals surface area (Å²) in [6.07, 6.45) is 3.25. The molecule has 1 atom stereocenters. The van der Waals surface area contributed by atoms with Crippen LogP contribution in [0.2, 0.25) is 0 Å². The maximum absolute atomic E-state index is 4.01. The highest BCUT2D eigenvalue weighted by atomic mass is 14.1. The summed E-state index contributed by atoms with van der Waals surface area (Å²) < 4.78 is 0. The van der Waals surface area contributed by atoms with Gasteiger partial charge in [-0.25, -0.2) is 0 Å². The monoisotopic (exact) mass is 164 g/mol. The molecule has 0 heteroatoms. The van der Waals surface area contributed by atoms with Gasteiger partial charge >= 0.3 is 0 Å². The zero-order chi connectivity index (χ0) is 9.72. The van der Waals surface area contributed by atoms with E-state index in [1.807, 2.05) is 6.92 Å². The van der Waals surface area contributed by atoms with Crippen LogP contribution in [0.25, 0.3) is 0 Å². The lowest BCUT2D eigenvalue weighted by molar-refractivity contribution is 0.681. The molecule has 0 amide bonds. The van der Waals surface area contributed by atoms with Gasteiger partial charge in [0.1, 0.15) is 0 Å². The van der Waals surface area contributed by atoms with Crippen molar-refractivity contribution < 1.29 is 0 Å². The van der Waals surface area contributed by atoms with Gasteiger partial charge in [-0.05, 0) is 38.7 Å². The summed E-state index contributed by atoms with van der Waals surface area (Å²) in [5.74, 6) is 0.527. The number of rotatable bonds is 4. The van der Waals surface area contributed by atoms with Crippen molar-refractivity contribution in [1.82, 2.24) is 0 Å². The van der Waals surface area contributed by atoms with Crippen molar-refractivity contribution in [2.75, 3.05) is 0 Å². The maximum Gasteiger partial charge on any atom is -0.0157 e. The van der Waals surface area contributed by atoms with Gasteiger partial charge in [-0.15, -0.1) is 0 Å². The van der Waals surface area contributed by atoms with Gasteiger partial charge in [0.05, 0.1) is 0 Å². The molecule has 0 aliphatic carbocycles. The lowest BCUT2D eigenvalue weighted by Crippen LogP contribution is -1.99. The summed E-state index contributed by atoms with van der Waals surface area (Å²) >= 11 is 0. The van der Waals surface area contributed by atoms with Crippen LogP contribution in [-0.4, -0.2) is 0 Å². The third kappa shape index (κ3) is 3.56. The smallest absolute Gasteiger partial charge is 0.0157 e. The van der Waals surface area contributed by atoms with Crippen LogP contribution in [0, 0.1) is 5.92 Å². The van der Waals surface area contributed by atoms with E-state index >= 15 is 0 Å². The zero-order valence-electron chi connectivity index (χ0n) is 8.78. The lowest BCUT2D eigenvalue weighted by atomic mass is 9.91. The first kappa shape index (κ1) is 11.2. The molecule has 0 heterocycles. The SMILES string of the molecule is C=C(C)C(=C)C(C)C/C(C)=C/C. The summed E-state index contributed by atoms with van der Waals surface area (Å²) in [6, 6.07) is 0. The Morgan fingerprint density at radius 3 is 2.17 bits per heavy atom. The fourth-order valence-corrected chi connectivity index (χ4v) is 1.14. The molecule has 0 fully saturated rings. The highest BCUT2D eigenvalue weighted by molar-refractivity contribution is 5.26. The van der Waals surface area contributed by atoms with Gasteiger partial charge in [-0.1, -0.05) is 37.3 Å². The molecule has 0 N–H and O–H groups in total. The van der Waals surface area contributed by atoms with Gasteiger partial charge < -0.3 is 0 Å². The van der Waals surface area contributed by atoms with Gasteiger partial charge in [0.25, 0.3) is 0 Å². The Bertz CT molecular complexity index is 206. The van der Waals surface area contributed by atoms with E-state index in [-0.39, 0.29) is 0 Å². The van der Waals surface area contributed by atoms with Crippen LogP contribution in [0.3, 0.4) is 0 Å². The van der Waals surface area contributed by atoms with E-state index in [2.05, 4.69) is 40.0 Å². The number of hydrogen-bond donors (Lipinski definition) is 0. The Kier molecular flexibility index (Phi) is 4.65. The molecule has 0 aromatic carbocycles. The molecule has 12 heavy (non-hydrogen) atoms. The zero-order valence-corrected chi connectivity index (χ0v) is 8.78. The third-order valence-electron chi connectivity index (χ3n) is 2.26. The number of allylic oxidation sites excluding steroid dienone is 4. The maximum atomic E-state index is 4.01. The first-order chi connectivity index (χ1) is 5.49. The van der Waals surface area contributed by atoms with Crippen molar-refractivity contribution in [2.24, 2.45) is 5.92 Å². The second kappa shape index (κ2) is 4.97. The average molecular weight is 164 g/mol. The van der Waals surface area contributed by atoms with E-state index in [9.17, 15) is 0 Å². The quantitative estimate of drug-likeness (QED) is 0.433. The van der Waals surface area contributed by atoms with Crippen LogP contribution < -0.4 is 0 Å². The lowest BCUT2D eigenvalue weighted by Gasteiger charge is -2.14.